The Labute approximate surface area is 64.4 Å². The first-order chi connectivity index (χ1) is 4.13. The van der Waals surface area contributed by atoms with Crippen molar-refractivity contribution in [3.63, 3.8) is 0 Å². The van der Waals surface area contributed by atoms with Crippen molar-refractivity contribution in [1.82, 2.24) is 4.31 Å². The van der Waals surface area contributed by atoms with Crippen LogP contribution in [-0.2, 0) is 0 Å². The Morgan fingerprint density at radius 3 is 2.44 bits per heavy atom. The van der Waals surface area contributed by atoms with Gasteiger partial charge in [0.2, 0.25) is 0 Å². The van der Waals surface area contributed by atoms with Crippen LogP contribution in [0.4, 0.5) is 0 Å². The molecule has 0 unspecified atom stereocenters. The van der Waals surface area contributed by atoms with Gasteiger partial charge in [-0.3, -0.25) is 0 Å². The third-order valence-electron chi connectivity index (χ3n) is 1.50. The Kier molecular flexibility index (Phi) is 2.14. The largest absolute Gasteiger partial charge is 0.235 e. The molecule has 52 valence electrons. The van der Waals surface area contributed by atoms with E-state index >= 15 is 0 Å². The lowest BCUT2D eigenvalue weighted by atomic mass is 10.1. The summed E-state index contributed by atoms with van der Waals surface area (Å²) in [6.07, 6.45) is 2.22. The topological polar surface area (TPSA) is 3.24 Å². The van der Waals surface area contributed by atoms with Crippen molar-refractivity contribution < 1.29 is 0 Å². The van der Waals surface area contributed by atoms with Crippen LogP contribution >= 0.6 is 21.8 Å². The van der Waals surface area contributed by atoms with E-state index in [1.165, 1.54) is 0 Å². The molecular formula is C6H11NS2. The van der Waals surface area contributed by atoms with E-state index in [0.717, 1.165) is 0 Å². The Morgan fingerprint density at radius 2 is 2.11 bits per heavy atom. The molecule has 0 N–H and O–H groups in total. The third kappa shape index (κ3) is 1.66. The molecule has 0 saturated carbocycles. The highest BCUT2D eigenvalue weighted by atomic mass is 33.1. The first-order valence-electron chi connectivity index (χ1n) is 2.88. The van der Waals surface area contributed by atoms with Crippen LogP contribution < -0.4 is 0 Å². The molecule has 0 aromatic carbocycles. The summed E-state index contributed by atoms with van der Waals surface area (Å²) in [7, 11) is 5.67. The van der Waals surface area contributed by atoms with E-state index in [1.807, 2.05) is 0 Å². The lowest BCUT2D eigenvalue weighted by Gasteiger charge is -2.33. The normalized spacial score (nSPS) is 26.6. The highest BCUT2D eigenvalue weighted by Crippen LogP contribution is 2.37. The van der Waals surface area contributed by atoms with Crippen LogP contribution in [0.2, 0.25) is 0 Å². The van der Waals surface area contributed by atoms with Crippen molar-refractivity contribution in [3.8, 4) is 0 Å². The summed E-state index contributed by atoms with van der Waals surface area (Å²) in [6.45, 7) is 4.41. The zero-order valence-electron chi connectivity index (χ0n) is 5.92. The van der Waals surface area contributed by atoms with Gasteiger partial charge in [-0.1, -0.05) is 6.08 Å². The summed E-state index contributed by atoms with van der Waals surface area (Å²) in [5, 5.41) is 2.14. The zero-order valence-corrected chi connectivity index (χ0v) is 7.55. The maximum absolute atomic E-state index is 2.25. The Bertz CT molecular complexity index is 131. The summed E-state index contributed by atoms with van der Waals surface area (Å²) >= 11 is 0. The summed E-state index contributed by atoms with van der Waals surface area (Å²) in [5.74, 6) is 0. The van der Waals surface area contributed by atoms with Gasteiger partial charge in [0, 0.05) is 5.54 Å². The van der Waals surface area contributed by atoms with Crippen LogP contribution in [0, 0.1) is 0 Å². The molecule has 0 saturated heterocycles. The van der Waals surface area contributed by atoms with Crippen LogP contribution in [0.1, 0.15) is 13.8 Å². The van der Waals surface area contributed by atoms with E-state index in [-0.39, 0.29) is 5.54 Å². The van der Waals surface area contributed by atoms with Gasteiger partial charge in [-0.15, -0.1) is 0 Å². The molecule has 1 rings (SSSR count). The SMILES string of the molecule is CN1SSC=CC1(C)C. The number of rotatable bonds is 0. The van der Waals surface area contributed by atoms with Gasteiger partial charge < -0.3 is 0 Å². The maximum Gasteiger partial charge on any atom is 0.0449 e. The predicted molar refractivity (Wildman–Crippen MR) is 46.2 cm³/mol. The Hall–Kier alpha value is 0.400. The summed E-state index contributed by atoms with van der Waals surface area (Å²) < 4.78 is 2.25. The molecule has 0 radical (unpaired) electrons. The Morgan fingerprint density at radius 1 is 1.44 bits per heavy atom. The van der Waals surface area contributed by atoms with Gasteiger partial charge in [0.15, 0.2) is 0 Å². The van der Waals surface area contributed by atoms with Gasteiger partial charge in [0.25, 0.3) is 0 Å². The van der Waals surface area contributed by atoms with Gasteiger partial charge in [-0.05, 0) is 48.1 Å². The van der Waals surface area contributed by atoms with Crippen molar-refractivity contribution in [3.05, 3.63) is 11.5 Å². The fraction of sp³-hybridized carbons (Fsp3) is 0.667. The molecule has 0 aliphatic carbocycles. The van der Waals surface area contributed by atoms with E-state index in [1.54, 1.807) is 21.8 Å². The van der Waals surface area contributed by atoms with E-state index in [4.69, 9.17) is 0 Å². The molecule has 1 heterocycles. The number of hydrogen-bond donors (Lipinski definition) is 0. The highest BCUT2D eigenvalue weighted by Gasteiger charge is 2.23. The molecule has 0 aromatic rings. The first kappa shape index (κ1) is 7.51. The highest BCUT2D eigenvalue weighted by molar-refractivity contribution is 8.77. The van der Waals surface area contributed by atoms with Gasteiger partial charge in [0.05, 0.1) is 0 Å². The minimum absolute atomic E-state index is 0.232. The number of hydrogen-bond acceptors (Lipinski definition) is 3. The van der Waals surface area contributed by atoms with Crippen molar-refractivity contribution in [2.24, 2.45) is 0 Å². The number of likely N-dealkylation sites (N-methyl/N-ethyl adjacent to an activating group) is 1. The predicted octanol–water partition coefficient (Wildman–Crippen LogP) is 2.52. The van der Waals surface area contributed by atoms with Crippen LogP contribution in [0.25, 0.3) is 0 Å². The van der Waals surface area contributed by atoms with Crippen molar-refractivity contribution >= 4 is 21.8 Å². The zero-order chi connectivity index (χ0) is 6.91. The van der Waals surface area contributed by atoms with Gasteiger partial charge in [0.1, 0.15) is 0 Å². The summed E-state index contributed by atoms with van der Waals surface area (Å²) in [5.41, 5.74) is 0.232. The monoisotopic (exact) mass is 161 g/mol. The second-order valence-electron chi connectivity index (χ2n) is 2.62. The standard InChI is InChI=1S/C6H11NS2/c1-6(2)4-5-8-9-7(6)3/h4-5H,1-3H3. The fourth-order valence-electron chi connectivity index (χ4n) is 0.485. The van der Waals surface area contributed by atoms with Crippen LogP contribution in [0.3, 0.4) is 0 Å². The second kappa shape index (κ2) is 2.56. The number of nitrogens with zero attached hydrogens (tertiary/aromatic N) is 1. The first-order valence-corrected chi connectivity index (χ1v) is 5.05. The molecule has 0 amide bonds. The molecule has 0 atom stereocenters. The van der Waals surface area contributed by atoms with Crippen molar-refractivity contribution in [1.29, 1.82) is 0 Å². The molecule has 0 bridgehead atoms. The van der Waals surface area contributed by atoms with E-state index in [2.05, 4.69) is 36.7 Å². The lowest BCUT2D eigenvalue weighted by Crippen LogP contribution is -2.34. The molecule has 1 nitrogen and oxygen atoms in total. The molecule has 1 aliphatic rings. The van der Waals surface area contributed by atoms with Crippen molar-refractivity contribution in [2.45, 2.75) is 19.4 Å². The van der Waals surface area contributed by atoms with E-state index in [0.29, 0.717) is 0 Å². The molecule has 1 aliphatic heterocycles. The minimum atomic E-state index is 0.232. The molecule has 3 heteroatoms. The second-order valence-corrected chi connectivity index (χ2v) is 4.81. The van der Waals surface area contributed by atoms with Crippen molar-refractivity contribution in [2.75, 3.05) is 7.05 Å². The van der Waals surface area contributed by atoms with E-state index < -0.39 is 0 Å². The average molecular weight is 161 g/mol. The van der Waals surface area contributed by atoms with Crippen LogP contribution in [-0.4, -0.2) is 16.9 Å². The van der Waals surface area contributed by atoms with Crippen LogP contribution in [0.15, 0.2) is 11.5 Å². The molecule has 0 aromatic heterocycles. The van der Waals surface area contributed by atoms with E-state index in [9.17, 15) is 0 Å². The molecule has 0 fully saturated rings. The molecular weight excluding hydrogens is 150 g/mol. The fourth-order valence-corrected chi connectivity index (χ4v) is 2.58. The smallest absolute Gasteiger partial charge is 0.0449 e. The summed E-state index contributed by atoms with van der Waals surface area (Å²) in [4.78, 5) is 0. The lowest BCUT2D eigenvalue weighted by molar-refractivity contribution is 0.365. The average Bonchev–Trinajstić information content (AvgIpc) is 1.77. The van der Waals surface area contributed by atoms with Gasteiger partial charge >= 0.3 is 0 Å². The van der Waals surface area contributed by atoms with Gasteiger partial charge in [-0.25, -0.2) is 4.31 Å². The quantitative estimate of drug-likeness (QED) is 0.397. The summed E-state index contributed by atoms with van der Waals surface area (Å²) in [6, 6.07) is 0. The third-order valence-corrected chi connectivity index (χ3v) is 3.79. The van der Waals surface area contributed by atoms with Gasteiger partial charge in [-0.2, -0.15) is 0 Å². The maximum atomic E-state index is 2.25. The Balaban J connectivity index is 2.68. The minimum Gasteiger partial charge on any atom is -0.235 e. The van der Waals surface area contributed by atoms with Crippen LogP contribution in [0.5, 0.6) is 0 Å². The molecule has 0 spiro atoms. The molecule has 9 heavy (non-hydrogen) atoms.